The molecule has 2 heterocycles. The van der Waals surface area contributed by atoms with Crippen molar-refractivity contribution in [2.24, 2.45) is 0 Å². The van der Waals surface area contributed by atoms with Crippen molar-refractivity contribution in [2.45, 2.75) is 32.3 Å². The molecular formula is C23H29N3O4S. The number of carbonyl (C=O) groups is 1. The van der Waals surface area contributed by atoms with E-state index in [0.717, 1.165) is 44.2 Å². The van der Waals surface area contributed by atoms with Crippen LogP contribution in [0.5, 0.6) is 5.75 Å². The van der Waals surface area contributed by atoms with Crippen LogP contribution in [-0.2, 0) is 21.2 Å². The van der Waals surface area contributed by atoms with Gasteiger partial charge in [-0.3, -0.25) is 9.10 Å². The number of carbonyl (C=O) groups excluding carboxylic acids is 1. The van der Waals surface area contributed by atoms with Crippen molar-refractivity contribution in [2.75, 3.05) is 41.6 Å². The lowest BCUT2D eigenvalue weighted by atomic mass is 10.0. The van der Waals surface area contributed by atoms with Crippen LogP contribution >= 0.6 is 0 Å². The fourth-order valence-electron chi connectivity index (χ4n) is 4.25. The number of sulfonamides is 1. The van der Waals surface area contributed by atoms with Gasteiger partial charge >= 0.3 is 0 Å². The Kier molecular flexibility index (Phi) is 6.09. The van der Waals surface area contributed by atoms with E-state index >= 15 is 0 Å². The number of nitrogens with zero attached hydrogens (tertiary/aromatic N) is 2. The summed E-state index contributed by atoms with van der Waals surface area (Å²) in [6.07, 6.45) is 3.33. The van der Waals surface area contributed by atoms with E-state index in [1.54, 1.807) is 12.1 Å². The fourth-order valence-corrected chi connectivity index (χ4v) is 5.16. The van der Waals surface area contributed by atoms with E-state index in [2.05, 4.69) is 34.5 Å². The van der Waals surface area contributed by atoms with E-state index in [9.17, 15) is 13.2 Å². The molecule has 1 N–H and O–H groups in total. The first-order valence-corrected chi connectivity index (χ1v) is 12.5. The summed E-state index contributed by atoms with van der Waals surface area (Å²) in [5.74, 6) is 0.117. The van der Waals surface area contributed by atoms with Crippen LogP contribution in [0.15, 0.2) is 42.5 Å². The molecule has 0 fully saturated rings. The number of ether oxygens (including phenoxy) is 1. The second-order valence-electron chi connectivity index (χ2n) is 8.24. The van der Waals surface area contributed by atoms with Crippen molar-refractivity contribution in [1.29, 1.82) is 0 Å². The van der Waals surface area contributed by atoms with Gasteiger partial charge in [0.15, 0.2) is 6.10 Å². The number of hydrogen-bond donors (Lipinski definition) is 1. The van der Waals surface area contributed by atoms with Crippen molar-refractivity contribution >= 4 is 27.3 Å². The van der Waals surface area contributed by atoms with Gasteiger partial charge in [0.25, 0.3) is 5.91 Å². The minimum absolute atomic E-state index is 0.0272. The van der Waals surface area contributed by atoms with Crippen molar-refractivity contribution in [3.05, 3.63) is 53.6 Å². The van der Waals surface area contributed by atoms with Gasteiger partial charge < -0.3 is 15.0 Å². The Balaban J connectivity index is 1.35. The molecule has 1 atom stereocenters. The molecule has 1 amide bonds. The Bertz CT molecular complexity index is 1070. The highest BCUT2D eigenvalue weighted by molar-refractivity contribution is 7.92. The summed E-state index contributed by atoms with van der Waals surface area (Å²) in [7, 11) is -3.52. The van der Waals surface area contributed by atoms with Gasteiger partial charge in [0, 0.05) is 25.3 Å². The molecule has 0 aliphatic carbocycles. The molecule has 0 radical (unpaired) electrons. The maximum atomic E-state index is 12.7. The van der Waals surface area contributed by atoms with Crippen LogP contribution in [-0.4, -0.2) is 52.9 Å². The quantitative estimate of drug-likeness (QED) is 0.694. The van der Waals surface area contributed by atoms with Crippen LogP contribution in [0.4, 0.5) is 11.4 Å². The zero-order chi connectivity index (χ0) is 22.0. The number of fused-ring (bicyclic) bond motifs is 2. The second-order valence-corrected chi connectivity index (χ2v) is 10.1. The van der Waals surface area contributed by atoms with Crippen molar-refractivity contribution in [3.63, 3.8) is 0 Å². The van der Waals surface area contributed by atoms with Gasteiger partial charge in [0.2, 0.25) is 10.0 Å². The summed E-state index contributed by atoms with van der Waals surface area (Å²) < 4.78 is 31.7. The van der Waals surface area contributed by atoms with Crippen LogP contribution < -0.4 is 19.3 Å². The Labute approximate surface area is 184 Å². The van der Waals surface area contributed by atoms with E-state index < -0.39 is 16.1 Å². The molecule has 2 aliphatic rings. The molecule has 2 aromatic carbocycles. The Morgan fingerprint density at radius 2 is 2.00 bits per heavy atom. The first-order chi connectivity index (χ1) is 14.8. The second kappa shape index (κ2) is 8.78. The van der Waals surface area contributed by atoms with Crippen molar-refractivity contribution in [1.82, 2.24) is 5.32 Å². The van der Waals surface area contributed by atoms with Gasteiger partial charge in [-0.2, -0.15) is 0 Å². The lowest BCUT2D eigenvalue weighted by molar-refractivity contribution is -0.127. The summed E-state index contributed by atoms with van der Waals surface area (Å²) in [5, 5.41) is 2.92. The van der Waals surface area contributed by atoms with Gasteiger partial charge in [-0.05, 0) is 55.5 Å². The van der Waals surface area contributed by atoms with Crippen LogP contribution in [0.1, 0.15) is 24.0 Å². The monoisotopic (exact) mass is 443 g/mol. The molecule has 0 spiro atoms. The lowest BCUT2D eigenvalue weighted by Gasteiger charge is -2.34. The van der Waals surface area contributed by atoms with E-state index in [1.807, 2.05) is 13.0 Å². The highest BCUT2D eigenvalue weighted by Gasteiger charge is 2.35. The molecule has 0 unspecified atom stereocenters. The highest BCUT2D eigenvalue weighted by Crippen LogP contribution is 2.35. The van der Waals surface area contributed by atoms with E-state index in [0.29, 0.717) is 18.0 Å². The average molecular weight is 444 g/mol. The van der Waals surface area contributed by atoms with Crippen LogP contribution in [0.2, 0.25) is 0 Å². The summed E-state index contributed by atoms with van der Waals surface area (Å²) in [4.78, 5) is 15.1. The third-order valence-electron chi connectivity index (χ3n) is 5.79. The Morgan fingerprint density at radius 3 is 2.81 bits per heavy atom. The number of nitrogens with one attached hydrogen (secondary N) is 1. The first-order valence-electron chi connectivity index (χ1n) is 10.7. The topological polar surface area (TPSA) is 79.0 Å². The van der Waals surface area contributed by atoms with Crippen molar-refractivity contribution < 1.29 is 17.9 Å². The normalized spacial score (nSPS) is 18.1. The molecule has 7 nitrogen and oxygen atoms in total. The fraction of sp³-hybridized carbons (Fsp3) is 0.435. The predicted molar refractivity (Wildman–Crippen MR) is 122 cm³/mol. The van der Waals surface area contributed by atoms with Gasteiger partial charge in [-0.15, -0.1) is 0 Å². The molecule has 0 saturated heterocycles. The molecule has 0 bridgehead atoms. The molecule has 0 aromatic heterocycles. The Morgan fingerprint density at radius 1 is 1.19 bits per heavy atom. The first kappa shape index (κ1) is 21.5. The zero-order valence-corrected chi connectivity index (χ0v) is 18.8. The third-order valence-corrected chi connectivity index (χ3v) is 6.93. The van der Waals surface area contributed by atoms with Gasteiger partial charge in [0.1, 0.15) is 5.75 Å². The minimum atomic E-state index is -3.52. The standard InChI is InChI=1S/C23H29N3O4S/c1-17-10-11-21-20(15-17)26(31(2,28)29)16-22(30-21)23(27)24-12-6-14-25-13-5-8-18-7-3-4-9-19(18)25/h3-4,7,9-11,15,22H,5-6,8,12-14,16H2,1-2H3,(H,24,27)/t22-/m0/s1. The van der Waals surface area contributed by atoms with E-state index in [4.69, 9.17) is 4.74 Å². The molecule has 8 heteroatoms. The lowest BCUT2D eigenvalue weighted by Crippen LogP contribution is -2.50. The Hall–Kier alpha value is -2.74. The average Bonchev–Trinajstić information content (AvgIpc) is 2.75. The van der Waals surface area contributed by atoms with E-state index in [-0.39, 0.29) is 12.5 Å². The number of amides is 1. The summed E-state index contributed by atoms with van der Waals surface area (Å²) >= 11 is 0. The molecule has 2 aromatic rings. The van der Waals surface area contributed by atoms with Crippen LogP contribution in [0, 0.1) is 6.92 Å². The predicted octanol–water partition coefficient (Wildman–Crippen LogP) is 2.48. The molecular weight excluding hydrogens is 414 g/mol. The van der Waals surface area contributed by atoms with Crippen LogP contribution in [0.3, 0.4) is 0 Å². The molecule has 166 valence electrons. The number of aryl methyl sites for hydroxylation is 2. The highest BCUT2D eigenvalue weighted by atomic mass is 32.2. The van der Waals surface area contributed by atoms with Gasteiger partial charge in [-0.1, -0.05) is 24.3 Å². The number of rotatable bonds is 6. The van der Waals surface area contributed by atoms with Crippen LogP contribution in [0.25, 0.3) is 0 Å². The summed E-state index contributed by atoms with van der Waals surface area (Å²) in [6, 6.07) is 13.8. The van der Waals surface area contributed by atoms with E-state index in [1.165, 1.54) is 15.6 Å². The molecule has 2 aliphatic heterocycles. The number of hydrogen-bond acceptors (Lipinski definition) is 5. The third kappa shape index (κ3) is 4.79. The smallest absolute Gasteiger partial charge is 0.263 e. The zero-order valence-electron chi connectivity index (χ0n) is 18.0. The molecule has 0 saturated carbocycles. The largest absolute Gasteiger partial charge is 0.476 e. The maximum Gasteiger partial charge on any atom is 0.263 e. The molecule has 4 rings (SSSR count). The summed E-state index contributed by atoms with van der Waals surface area (Å²) in [6.45, 7) is 4.26. The van der Waals surface area contributed by atoms with Gasteiger partial charge in [0.05, 0.1) is 18.5 Å². The summed E-state index contributed by atoms with van der Waals surface area (Å²) in [5.41, 5.74) is 4.07. The van der Waals surface area contributed by atoms with Gasteiger partial charge in [-0.25, -0.2) is 8.42 Å². The number of benzene rings is 2. The maximum absolute atomic E-state index is 12.7. The minimum Gasteiger partial charge on any atom is -0.476 e. The number of para-hydroxylation sites is 1. The SMILES string of the molecule is Cc1ccc2c(c1)N(S(C)(=O)=O)C[C@@H](C(=O)NCCCN1CCCc3ccccc31)O2. The van der Waals surface area contributed by atoms with Crippen molar-refractivity contribution in [3.8, 4) is 5.75 Å². The molecule has 31 heavy (non-hydrogen) atoms. The number of anilines is 2.